The number of methoxy groups -OCH3 is 1. The van der Waals surface area contributed by atoms with E-state index in [-0.39, 0.29) is 70.6 Å². The minimum absolute atomic E-state index is 0.0481. The van der Waals surface area contributed by atoms with Crippen molar-refractivity contribution in [1.29, 1.82) is 0 Å². The highest BCUT2D eigenvalue weighted by molar-refractivity contribution is 6.31. The lowest BCUT2D eigenvalue weighted by molar-refractivity contribution is -0.315. The van der Waals surface area contributed by atoms with Crippen molar-refractivity contribution in [3.8, 4) is 17.2 Å². The number of anilines is 2. The second-order valence-electron chi connectivity index (χ2n) is 15.9. The van der Waals surface area contributed by atoms with Crippen molar-refractivity contribution in [2.45, 2.75) is 75.3 Å². The van der Waals surface area contributed by atoms with Gasteiger partial charge in [-0.05, 0) is 66.6 Å². The van der Waals surface area contributed by atoms with Gasteiger partial charge < -0.3 is 62.3 Å². The fourth-order valence-electron chi connectivity index (χ4n) is 8.66. The minimum Gasteiger partial charge on any atom is -0.507 e. The number of hydrogen-bond donors (Lipinski definition) is 9. The monoisotopic (exact) mass is 894 g/mol. The summed E-state index contributed by atoms with van der Waals surface area (Å²) >= 11 is 0. The maximum Gasteiger partial charge on any atom is 0.253 e. The van der Waals surface area contributed by atoms with Crippen molar-refractivity contribution in [2.75, 3.05) is 38.8 Å². The maximum atomic E-state index is 14.9. The van der Waals surface area contributed by atoms with Crippen LogP contribution in [0.15, 0.2) is 65.9 Å². The molecule has 6 atom stereocenters. The lowest BCUT2D eigenvalue weighted by Crippen LogP contribution is -2.68. The molecule has 0 spiro atoms. The number of rotatable bonds is 15. The Hall–Kier alpha value is -6.97. The number of ketones is 2. The summed E-state index contributed by atoms with van der Waals surface area (Å²) in [5.41, 5.74) is 16.7. The van der Waals surface area contributed by atoms with Crippen LogP contribution in [-0.4, -0.2) is 127 Å². The summed E-state index contributed by atoms with van der Waals surface area (Å²) in [5.74, 6) is -3.89. The Kier molecular flexibility index (Phi) is 13.2. The lowest BCUT2D eigenvalue weighted by atomic mass is 9.75. The van der Waals surface area contributed by atoms with Crippen molar-refractivity contribution >= 4 is 41.0 Å². The number of aromatic nitrogens is 2. The number of ether oxygens (including phenoxy) is 3. The van der Waals surface area contributed by atoms with E-state index in [0.717, 1.165) is 22.6 Å². The van der Waals surface area contributed by atoms with Crippen molar-refractivity contribution in [2.24, 2.45) is 10.7 Å². The Morgan fingerprint density at radius 3 is 2.34 bits per heavy atom. The first-order valence-corrected chi connectivity index (χ1v) is 20.7. The number of guanidine groups is 1. The molecule has 342 valence electrons. The number of carbonyl (C=O) groups excluding carboxylic acids is 4. The first kappa shape index (κ1) is 46.0. The van der Waals surface area contributed by atoms with Crippen molar-refractivity contribution in [3.63, 3.8) is 0 Å². The Balaban J connectivity index is 1.25. The molecule has 2 aromatic heterocycles. The number of aryl methyl sites for hydroxylation is 2. The molecular formula is C45H50N8O12. The van der Waals surface area contributed by atoms with Crippen LogP contribution in [0.25, 0.3) is 0 Å². The minimum atomic E-state index is -2.46. The van der Waals surface area contributed by atoms with Gasteiger partial charge in [0.25, 0.3) is 11.8 Å². The van der Waals surface area contributed by atoms with E-state index in [1.165, 1.54) is 38.6 Å². The largest absolute Gasteiger partial charge is 0.507 e. The molecule has 2 amide bonds. The van der Waals surface area contributed by atoms with Gasteiger partial charge >= 0.3 is 0 Å². The van der Waals surface area contributed by atoms with Gasteiger partial charge in [0.1, 0.15) is 52.8 Å². The fourth-order valence-corrected chi connectivity index (χ4v) is 8.66. The summed E-state index contributed by atoms with van der Waals surface area (Å²) in [5, 5.41) is 61.2. The standard InChI is InChI=1S/C45H50N8O12/c1-4-25-28(63-3)15-29(37-35(25)38(57)26-13-23(7-5-21-6-8-31(46)51-17-21)27(18-52-44(48)49-2)39(58)36(26)40(37)59)64-43-41(60)42(61)45(62,30(20-54)65-43)16-24(22-11-12-50-32(47)14-22)19-53-33(55)9-10-34(53)56/h6,8-15,17,24,30,41-43,54,58,60-62H,4-5,7,16,18-20H2,1-3H3,(H2,46,51)(H2,47,50)(H3,48,49,52)/t24-,30-,41-,42-,43-,45-/m1/s1. The second-order valence-corrected chi connectivity index (χ2v) is 15.9. The van der Waals surface area contributed by atoms with E-state index in [1.54, 1.807) is 31.3 Å². The number of aliphatic imine (C=N–C) groups is 1. The Morgan fingerprint density at radius 2 is 1.71 bits per heavy atom. The van der Waals surface area contributed by atoms with Crippen molar-refractivity contribution < 1.29 is 58.9 Å². The number of aliphatic hydroxyl groups is 4. The summed E-state index contributed by atoms with van der Waals surface area (Å²) in [7, 11) is 2.81. The van der Waals surface area contributed by atoms with Crippen LogP contribution in [0.1, 0.15) is 78.9 Å². The number of carbonyl (C=O) groups is 4. The number of benzene rings is 2. The highest BCUT2D eigenvalue weighted by Crippen LogP contribution is 2.46. The third-order valence-electron chi connectivity index (χ3n) is 12.1. The summed E-state index contributed by atoms with van der Waals surface area (Å²) in [6.45, 7) is 0.433. The number of nitrogens with two attached hydrogens (primary N) is 3. The van der Waals surface area contributed by atoms with E-state index in [0.29, 0.717) is 35.3 Å². The van der Waals surface area contributed by atoms with Crippen LogP contribution in [0.5, 0.6) is 17.2 Å². The van der Waals surface area contributed by atoms with Gasteiger partial charge in [-0.2, -0.15) is 0 Å². The molecule has 1 saturated heterocycles. The van der Waals surface area contributed by atoms with Crippen molar-refractivity contribution in [1.82, 2.24) is 20.2 Å². The molecule has 65 heavy (non-hydrogen) atoms. The van der Waals surface area contributed by atoms with E-state index in [2.05, 4.69) is 20.3 Å². The number of nitrogens with zero attached hydrogens (tertiary/aromatic N) is 4. The molecule has 2 aromatic carbocycles. The first-order valence-electron chi connectivity index (χ1n) is 20.7. The molecule has 4 heterocycles. The summed E-state index contributed by atoms with van der Waals surface area (Å²) in [6.07, 6.45) is -2.21. The summed E-state index contributed by atoms with van der Waals surface area (Å²) < 4.78 is 17.9. The molecule has 0 saturated carbocycles. The van der Waals surface area contributed by atoms with E-state index in [4.69, 9.17) is 31.4 Å². The Morgan fingerprint density at radius 1 is 0.969 bits per heavy atom. The van der Waals surface area contributed by atoms with Crippen LogP contribution >= 0.6 is 0 Å². The van der Waals surface area contributed by atoms with Gasteiger partial charge in [0.05, 0.1) is 24.8 Å². The zero-order valence-electron chi connectivity index (χ0n) is 35.7. The molecule has 20 heteroatoms. The second kappa shape index (κ2) is 18.6. The van der Waals surface area contributed by atoms with Gasteiger partial charge in [0, 0.05) is 78.9 Å². The highest BCUT2D eigenvalue weighted by Gasteiger charge is 2.57. The number of aromatic hydroxyl groups is 1. The molecule has 20 nitrogen and oxygen atoms in total. The molecule has 2 aliphatic heterocycles. The number of nitrogen functional groups attached to an aromatic ring is 2. The third-order valence-corrected chi connectivity index (χ3v) is 12.1. The molecular weight excluding hydrogens is 845 g/mol. The number of amides is 2. The summed E-state index contributed by atoms with van der Waals surface area (Å²) in [4.78, 5) is 67.9. The molecule has 1 fully saturated rings. The zero-order chi connectivity index (χ0) is 46.9. The zero-order valence-corrected chi connectivity index (χ0v) is 35.7. The maximum absolute atomic E-state index is 14.9. The number of nitrogens with one attached hydrogen (secondary N) is 1. The Labute approximate surface area is 372 Å². The third kappa shape index (κ3) is 8.68. The number of aliphatic hydroxyl groups excluding tert-OH is 3. The number of phenolic OH excluding ortho intramolecular Hbond substituents is 1. The van der Waals surface area contributed by atoms with Gasteiger partial charge in [0.15, 0.2) is 11.7 Å². The molecule has 4 aromatic rings. The Bertz CT molecular complexity index is 2580. The van der Waals surface area contributed by atoms with Crippen LogP contribution in [0.2, 0.25) is 0 Å². The molecule has 0 unspecified atom stereocenters. The molecule has 0 bridgehead atoms. The van der Waals surface area contributed by atoms with Gasteiger partial charge in [-0.1, -0.05) is 13.0 Å². The topological polar surface area (TPSA) is 329 Å². The summed E-state index contributed by atoms with van der Waals surface area (Å²) in [6, 6.07) is 9.31. The fraction of sp³-hybridized carbons (Fsp3) is 0.356. The van der Waals surface area contributed by atoms with Crippen LogP contribution in [0.4, 0.5) is 11.6 Å². The predicted octanol–water partition coefficient (Wildman–Crippen LogP) is 0.160. The van der Waals surface area contributed by atoms with Crippen LogP contribution in [0.3, 0.4) is 0 Å². The lowest BCUT2D eigenvalue weighted by Gasteiger charge is -2.49. The van der Waals surface area contributed by atoms with E-state index in [1.807, 2.05) is 0 Å². The van der Waals surface area contributed by atoms with Crippen LogP contribution in [0, 0.1) is 0 Å². The van der Waals surface area contributed by atoms with Gasteiger partial charge in [-0.25, -0.2) is 9.97 Å². The van der Waals surface area contributed by atoms with E-state index in [9.17, 15) is 44.7 Å². The van der Waals surface area contributed by atoms with E-state index < -0.39 is 78.3 Å². The quantitative estimate of drug-likeness (QED) is 0.0384. The average Bonchev–Trinajstić information content (AvgIpc) is 3.61. The first-order chi connectivity index (χ1) is 31.0. The van der Waals surface area contributed by atoms with Gasteiger partial charge in [-0.3, -0.25) is 29.1 Å². The number of imide groups is 1. The van der Waals surface area contributed by atoms with Gasteiger partial charge in [0.2, 0.25) is 12.1 Å². The average molecular weight is 895 g/mol. The SMILES string of the molecule is CCc1c(OC)cc(O[C@@H]2O[C@H](CO)[C@](O)(C[C@H](CN3C(=O)C=CC3=O)c3ccnc(N)c3)[C@H](O)[C@H]2O)c2c1C(=O)c1cc(CCc3ccc(N)nc3)c(CNC(N)=NC)c(O)c1C2=O. The number of hydrogen-bond acceptors (Lipinski definition) is 17. The molecule has 7 rings (SSSR count). The van der Waals surface area contributed by atoms with Crippen LogP contribution in [-0.2, 0) is 40.1 Å². The molecule has 0 radical (unpaired) electrons. The molecule has 12 N–H and O–H groups in total. The number of phenols is 1. The smallest absolute Gasteiger partial charge is 0.253 e. The van der Waals surface area contributed by atoms with Crippen molar-refractivity contribution in [3.05, 3.63) is 111 Å². The predicted molar refractivity (Wildman–Crippen MR) is 233 cm³/mol. The van der Waals surface area contributed by atoms with Gasteiger partial charge in [-0.15, -0.1) is 0 Å². The van der Waals surface area contributed by atoms with Crippen LogP contribution < -0.4 is 32.0 Å². The normalized spacial score (nSPS) is 22.2. The van der Waals surface area contributed by atoms with E-state index >= 15 is 0 Å². The number of fused-ring (bicyclic) bond motifs is 2. The number of pyridine rings is 2. The highest BCUT2D eigenvalue weighted by atomic mass is 16.7. The molecule has 1 aliphatic carbocycles. The molecule has 3 aliphatic rings.